The van der Waals surface area contributed by atoms with E-state index in [0.29, 0.717) is 6.54 Å². The van der Waals surface area contributed by atoms with Gasteiger partial charge in [-0.25, -0.2) is 0 Å². The molecule has 0 aromatic carbocycles. The summed E-state index contributed by atoms with van der Waals surface area (Å²) in [6.45, 7) is 0.534. The van der Waals surface area contributed by atoms with Gasteiger partial charge in [0.25, 0.3) is 0 Å². The molecule has 1 aromatic heterocycles. The summed E-state index contributed by atoms with van der Waals surface area (Å²) in [5, 5.41) is 0. The lowest BCUT2D eigenvalue weighted by atomic mass is 10.5. The lowest BCUT2D eigenvalue weighted by molar-refractivity contribution is 1.12. The molecule has 2 nitrogen and oxygen atoms in total. The van der Waals surface area contributed by atoms with Gasteiger partial charge in [0.2, 0.25) is 0 Å². The summed E-state index contributed by atoms with van der Waals surface area (Å²) in [6, 6.07) is 5.72. The highest BCUT2D eigenvalue weighted by Gasteiger charge is 1.82. The molecule has 2 N–H and O–H groups in total. The summed E-state index contributed by atoms with van der Waals surface area (Å²) >= 11 is 7.67. The molecule has 0 aliphatic rings. The van der Waals surface area contributed by atoms with Crippen LogP contribution in [0, 0.1) is 0 Å². The van der Waals surface area contributed by atoms with Crippen LogP contribution in [0.25, 0.3) is 0 Å². The molecule has 11 heavy (non-hydrogen) atoms. The molecule has 62 valence electrons. The topological polar surface area (TPSA) is 38.9 Å². The zero-order valence-electron chi connectivity index (χ0n) is 6.09. The Morgan fingerprint density at radius 3 is 1.73 bits per heavy atom. The highest BCUT2D eigenvalue weighted by atomic mass is 32.2. The Morgan fingerprint density at radius 2 is 1.64 bits per heavy atom. The van der Waals surface area contributed by atoms with Crippen molar-refractivity contribution in [1.82, 2.24) is 4.98 Å². The smallest absolute Gasteiger partial charge is 0.0564 e. The van der Waals surface area contributed by atoms with Crippen molar-refractivity contribution < 1.29 is 0 Å². The van der Waals surface area contributed by atoms with Crippen molar-refractivity contribution in [3.05, 3.63) is 30.6 Å². The highest BCUT2D eigenvalue weighted by molar-refractivity contribution is 7.99. The zero-order valence-corrected chi connectivity index (χ0v) is 7.88. The highest BCUT2D eigenvalue weighted by Crippen LogP contribution is 1.92. The molecular formula is C7H12N2S2. The monoisotopic (exact) mass is 188 g/mol. The number of pyridine rings is 1. The normalized spacial score (nSPS) is 8.73. The molecule has 0 fully saturated rings. The summed E-state index contributed by atoms with van der Waals surface area (Å²) in [5.41, 5.74) is 5.02. The van der Waals surface area contributed by atoms with E-state index in [0.717, 1.165) is 0 Å². The Morgan fingerprint density at radius 1 is 1.18 bits per heavy atom. The van der Waals surface area contributed by atoms with E-state index in [1.54, 1.807) is 12.4 Å². The molecule has 0 radical (unpaired) electrons. The predicted octanol–water partition coefficient (Wildman–Crippen LogP) is 1.21. The molecule has 1 aromatic rings. The lowest BCUT2D eigenvalue weighted by Crippen LogP contribution is -2.06. The molecule has 0 unspecified atom stereocenters. The van der Waals surface area contributed by atoms with Crippen LogP contribution in [-0.4, -0.2) is 16.1 Å². The van der Waals surface area contributed by atoms with Crippen molar-refractivity contribution in [2.45, 2.75) is 4.58 Å². The largest absolute Gasteiger partial charge is 0.329 e. The van der Waals surface area contributed by atoms with Gasteiger partial charge >= 0.3 is 0 Å². The fraction of sp³-hybridized carbons (Fsp3) is 0.286. The predicted molar refractivity (Wildman–Crippen MR) is 55.1 cm³/mol. The third-order valence-electron chi connectivity index (χ3n) is 0.777. The van der Waals surface area contributed by atoms with Gasteiger partial charge in [0.15, 0.2) is 0 Å². The average Bonchev–Trinajstić information content (AvgIpc) is 2.09. The van der Waals surface area contributed by atoms with Crippen molar-refractivity contribution in [3.8, 4) is 0 Å². The number of nitrogens with two attached hydrogens (primary N) is 1. The van der Waals surface area contributed by atoms with Gasteiger partial charge in [0.1, 0.15) is 0 Å². The molecule has 0 bridgehead atoms. The van der Waals surface area contributed by atoms with Crippen LogP contribution in [0.15, 0.2) is 30.6 Å². The summed E-state index contributed by atoms with van der Waals surface area (Å²) in [7, 11) is 0. The Labute approximate surface area is 78.0 Å². The molecule has 0 saturated heterocycles. The zero-order chi connectivity index (χ0) is 8.53. The second-order valence-corrected chi connectivity index (χ2v) is 3.39. The van der Waals surface area contributed by atoms with E-state index in [4.69, 9.17) is 5.73 Å². The van der Waals surface area contributed by atoms with Gasteiger partial charge in [-0.2, -0.15) is 25.3 Å². The maximum atomic E-state index is 5.02. The van der Waals surface area contributed by atoms with Gasteiger partial charge in [-0.3, -0.25) is 4.98 Å². The first-order valence-electron chi connectivity index (χ1n) is 3.18. The molecule has 0 saturated carbocycles. The van der Waals surface area contributed by atoms with E-state index in [9.17, 15) is 0 Å². The van der Waals surface area contributed by atoms with Crippen LogP contribution in [0.4, 0.5) is 0 Å². The summed E-state index contributed by atoms with van der Waals surface area (Å²) in [4.78, 5) is 3.78. The van der Waals surface area contributed by atoms with Crippen LogP contribution in [0.3, 0.4) is 0 Å². The van der Waals surface area contributed by atoms with Crippen molar-refractivity contribution in [2.75, 3.05) is 6.54 Å². The number of aromatic nitrogens is 1. The third-order valence-corrected chi connectivity index (χ3v) is 1.20. The molecule has 0 aliphatic carbocycles. The first-order valence-corrected chi connectivity index (χ1v) is 4.22. The number of hydrogen-bond acceptors (Lipinski definition) is 4. The number of hydrogen-bond donors (Lipinski definition) is 3. The van der Waals surface area contributed by atoms with E-state index < -0.39 is 0 Å². The minimum atomic E-state index is 0.0509. The maximum absolute atomic E-state index is 5.02. The second-order valence-electron chi connectivity index (χ2n) is 1.74. The van der Waals surface area contributed by atoms with E-state index in [1.807, 2.05) is 18.2 Å². The molecule has 1 rings (SSSR count). The SMILES string of the molecule is NCC(S)S.c1ccncc1. The number of thiol groups is 2. The molecule has 0 spiro atoms. The van der Waals surface area contributed by atoms with Gasteiger partial charge in [-0.05, 0) is 12.1 Å². The Bertz CT molecular complexity index is 129. The number of rotatable bonds is 1. The molecule has 0 amide bonds. The molecular weight excluding hydrogens is 176 g/mol. The lowest BCUT2D eigenvalue weighted by Gasteiger charge is -1.89. The van der Waals surface area contributed by atoms with Gasteiger partial charge < -0.3 is 5.73 Å². The standard InChI is InChI=1S/C5H5N.C2H7NS2/c1-2-4-6-5-3-1;3-1-2(4)5/h1-5H;2,4-5H,1,3H2. The van der Waals surface area contributed by atoms with E-state index in [2.05, 4.69) is 30.2 Å². The summed E-state index contributed by atoms with van der Waals surface area (Å²) in [6.07, 6.45) is 3.50. The van der Waals surface area contributed by atoms with Crippen molar-refractivity contribution in [1.29, 1.82) is 0 Å². The van der Waals surface area contributed by atoms with Crippen LogP contribution < -0.4 is 5.73 Å². The van der Waals surface area contributed by atoms with E-state index >= 15 is 0 Å². The van der Waals surface area contributed by atoms with Crippen molar-refractivity contribution in [3.63, 3.8) is 0 Å². The quantitative estimate of drug-likeness (QED) is 0.458. The minimum absolute atomic E-state index is 0.0509. The summed E-state index contributed by atoms with van der Waals surface area (Å²) in [5.74, 6) is 0. The molecule has 0 aliphatic heterocycles. The molecule has 4 heteroatoms. The minimum Gasteiger partial charge on any atom is -0.329 e. The fourth-order valence-electron chi connectivity index (χ4n) is 0.313. The van der Waals surface area contributed by atoms with Gasteiger partial charge in [0.05, 0.1) is 4.58 Å². The van der Waals surface area contributed by atoms with Crippen LogP contribution in [0.2, 0.25) is 0 Å². The first kappa shape index (κ1) is 10.8. The maximum Gasteiger partial charge on any atom is 0.0564 e. The summed E-state index contributed by atoms with van der Waals surface area (Å²) < 4.78 is 0.0509. The molecule has 0 atom stereocenters. The van der Waals surface area contributed by atoms with Crippen molar-refractivity contribution in [2.24, 2.45) is 5.73 Å². The van der Waals surface area contributed by atoms with Crippen LogP contribution in [0.1, 0.15) is 0 Å². The van der Waals surface area contributed by atoms with Crippen LogP contribution in [-0.2, 0) is 0 Å². The average molecular weight is 188 g/mol. The van der Waals surface area contributed by atoms with Crippen LogP contribution in [0.5, 0.6) is 0 Å². The van der Waals surface area contributed by atoms with Crippen LogP contribution >= 0.6 is 25.3 Å². The van der Waals surface area contributed by atoms with E-state index in [-0.39, 0.29) is 4.58 Å². The second kappa shape index (κ2) is 7.91. The first-order chi connectivity index (χ1) is 5.27. The third kappa shape index (κ3) is 9.81. The van der Waals surface area contributed by atoms with Gasteiger partial charge in [0, 0.05) is 18.9 Å². The Hall–Kier alpha value is -0.190. The number of nitrogens with zero attached hydrogens (tertiary/aromatic N) is 1. The van der Waals surface area contributed by atoms with E-state index in [1.165, 1.54) is 0 Å². The van der Waals surface area contributed by atoms with Gasteiger partial charge in [-0.1, -0.05) is 6.07 Å². The fourth-order valence-corrected chi connectivity index (χ4v) is 0.313. The Balaban J connectivity index is 0.000000187. The molecule has 1 heterocycles. The van der Waals surface area contributed by atoms with Crippen molar-refractivity contribution >= 4 is 25.3 Å². The van der Waals surface area contributed by atoms with Gasteiger partial charge in [-0.15, -0.1) is 0 Å². The Kier molecular flexibility index (Phi) is 7.78.